The summed E-state index contributed by atoms with van der Waals surface area (Å²) in [4.78, 5) is 1.93. The van der Waals surface area contributed by atoms with Crippen LogP contribution in [0, 0.1) is 0 Å². The largest absolute Gasteiger partial charge is 0.437 e. The van der Waals surface area contributed by atoms with E-state index in [1.807, 2.05) is 4.81 Å². The summed E-state index contributed by atoms with van der Waals surface area (Å²) in [5.74, 6) is 0. The van der Waals surface area contributed by atoms with Crippen molar-refractivity contribution in [3.63, 3.8) is 0 Å². The Bertz CT molecular complexity index is 110. The lowest BCUT2D eigenvalue weighted by atomic mass is 9.84. The molecule has 1 heterocycles. The molecule has 58 valence electrons. The lowest BCUT2D eigenvalue weighted by Gasteiger charge is -2.22. The molecule has 4 heteroatoms. The van der Waals surface area contributed by atoms with Crippen LogP contribution in [0.1, 0.15) is 12.8 Å². The summed E-state index contributed by atoms with van der Waals surface area (Å²) in [6.07, 6.45) is 2.11. The third-order valence-electron chi connectivity index (χ3n) is 2.11. The van der Waals surface area contributed by atoms with Gasteiger partial charge in [0.2, 0.25) is 0 Å². The molecule has 3 nitrogen and oxygen atoms in total. The van der Waals surface area contributed by atoms with Gasteiger partial charge in [-0.25, -0.2) is 0 Å². The van der Waals surface area contributed by atoms with Crippen molar-refractivity contribution in [2.24, 2.45) is 0 Å². The Morgan fingerprint density at radius 3 is 2.80 bits per heavy atom. The van der Waals surface area contributed by atoms with Gasteiger partial charge >= 0.3 is 7.05 Å². The quantitative estimate of drug-likeness (QED) is 0.514. The standard InChI is InChI=1S/C6H14BNO2/c1-7(10)8-4-2-3-6(8)5-9/h6,9-10H,2-5H2,1H3. The van der Waals surface area contributed by atoms with Crippen LogP contribution >= 0.6 is 0 Å². The maximum absolute atomic E-state index is 9.17. The summed E-state index contributed by atoms with van der Waals surface area (Å²) in [7, 11) is -0.403. The van der Waals surface area contributed by atoms with Crippen LogP contribution in [0.3, 0.4) is 0 Å². The Kier molecular flexibility index (Phi) is 2.71. The number of nitrogens with zero attached hydrogens (tertiary/aromatic N) is 1. The number of aliphatic hydroxyl groups excluding tert-OH is 1. The molecule has 0 saturated carbocycles. The monoisotopic (exact) mass is 143 g/mol. The van der Waals surface area contributed by atoms with Crippen LogP contribution in [0.5, 0.6) is 0 Å². The molecule has 1 aliphatic rings. The highest BCUT2D eigenvalue weighted by Crippen LogP contribution is 2.16. The summed E-state index contributed by atoms with van der Waals surface area (Å²) in [6.45, 7) is 2.84. The highest BCUT2D eigenvalue weighted by atomic mass is 16.3. The first-order chi connectivity index (χ1) is 4.75. The normalized spacial score (nSPS) is 27.3. The maximum atomic E-state index is 9.17. The van der Waals surface area contributed by atoms with E-state index in [1.54, 1.807) is 6.82 Å². The predicted octanol–water partition coefficient (Wildman–Crippen LogP) is -0.447. The number of rotatable bonds is 2. The van der Waals surface area contributed by atoms with Gasteiger partial charge in [-0.3, -0.25) is 0 Å². The zero-order chi connectivity index (χ0) is 7.56. The van der Waals surface area contributed by atoms with E-state index in [4.69, 9.17) is 10.1 Å². The summed E-state index contributed by atoms with van der Waals surface area (Å²) in [5, 5.41) is 18.0. The summed E-state index contributed by atoms with van der Waals surface area (Å²) < 4.78 is 0. The van der Waals surface area contributed by atoms with Crippen LogP contribution in [0.2, 0.25) is 6.82 Å². The number of hydrogen-bond acceptors (Lipinski definition) is 3. The van der Waals surface area contributed by atoms with E-state index >= 15 is 0 Å². The minimum atomic E-state index is -0.403. The fraction of sp³-hybridized carbons (Fsp3) is 1.00. The van der Waals surface area contributed by atoms with Crippen molar-refractivity contribution in [2.45, 2.75) is 25.7 Å². The SMILES string of the molecule is CB(O)N1CCCC1CO. The molecule has 0 aliphatic carbocycles. The smallest absolute Gasteiger partial charge is 0.376 e. The van der Waals surface area contributed by atoms with Crippen molar-refractivity contribution >= 4 is 7.05 Å². The van der Waals surface area contributed by atoms with Crippen LogP contribution in [-0.4, -0.2) is 41.2 Å². The van der Waals surface area contributed by atoms with Crippen molar-refractivity contribution in [3.05, 3.63) is 0 Å². The van der Waals surface area contributed by atoms with E-state index in [1.165, 1.54) is 0 Å². The molecule has 1 aliphatic heterocycles. The second-order valence-corrected chi connectivity index (χ2v) is 2.85. The molecule has 1 saturated heterocycles. The van der Waals surface area contributed by atoms with Crippen molar-refractivity contribution in [1.82, 2.24) is 4.81 Å². The average Bonchev–Trinajstić information content (AvgIpc) is 2.33. The van der Waals surface area contributed by atoms with Gasteiger partial charge in [0.1, 0.15) is 0 Å². The third-order valence-corrected chi connectivity index (χ3v) is 2.11. The molecular formula is C6H14BNO2. The Balaban J connectivity index is 2.42. The Labute approximate surface area is 61.8 Å². The molecule has 1 atom stereocenters. The van der Waals surface area contributed by atoms with Crippen LogP contribution in [-0.2, 0) is 0 Å². The zero-order valence-electron chi connectivity index (χ0n) is 6.32. The molecule has 1 unspecified atom stereocenters. The van der Waals surface area contributed by atoms with Crippen LogP contribution < -0.4 is 0 Å². The Morgan fingerprint density at radius 2 is 2.40 bits per heavy atom. The molecule has 1 rings (SSSR count). The third kappa shape index (κ3) is 1.51. The molecule has 2 N–H and O–H groups in total. The summed E-state index contributed by atoms with van der Waals surface area (Å²) >= 11 is 0. The molecule has 0 radical (unpaired) electrons. The fourth-order valence-electron chi connectivity index (χ4n) is 1.55. The fourth-order valence-corrected chi connectivity index (χ4v) is 1.55. The molecule has 0 aromatic rings. The lowest BCUT2D eigenvalue weighted by molar-refractivity contribution is 0.202. The highest BCUT2D eigenvalue weighted by molar-refractivity contribution is 6.45. The van der Waals surface area contributed by atoms with Gasteiger partial charge in [0.15, 0.2) is 0 Å². The first kappa shape index (κ1) is 8.05. The van der Waals surface area contributed by atoms with Gasteiger partial charge in [-0.15, -0.1) is 0 Å². The zero-order valence-corrected chi connectivity index (χ0v) is 6.32. The van der Waals surface area contributed by atoms with E-state index < -0.39 is 7.05 Å². The summed E-state index contributed by atoms with van der Waals surface area (Å²) in [5.41, 5.74) is 0. The van der Waals surface area contributed by atoms with E-state index in [2.05, 4.69) is 0 Å². The minimum absolute atomic E-state index is 0.172. The van der Waals surface area contributed by atoms with Crippen molar-refractivity contribution < 1.29 is 10.1 Å². The van der Waals surface area contributed by atoms with Crippen LogP contribution in [0.25, 0.3) is 0 Å². The van der Waals surface area contributed by atoms with Gasteiger partial charge in [-0.05, 0) is 26.2 Å². The first-order valence-electron chi connectivity index (χ1n) is 3.80. The van der Waals surface area contributed by atoms with Gasteiger partial charge in [0.05, 0.1) is 6.61 Å². The molecule has 0 bridgehead atoms. The van der Waals surface area contributed by atoms with Gasteiger partial charge in [-0.2, -0.15) is 0 Å². The molecule has 0 spiro atoms. The maximum Gasteiger partial charge on any atom is 0.376 e. The topological polar surface area (TPSA) is 43.7 Å². The molecule has 1 fully saturated rings. The van der Waals surface area contributed by atoms with Crippen molar-refractivity contribution in [1.29, 1.82) is 0 Å². The molecular weight excluding hydrogens is 129 g/mol. The number of aliphatic hydroxyl groups is 1. The molecule has 0 amide bonds. The van der Waals surface area contributed by atoms with Crippen LogP contribution in [0.15, 0.2) is 0 Å². The summed E-state index contributed by atoms with van der Waals surface area (Å²) in [6, 6.07) is 0.194. The molecule has 0 aromatic heterocycles. The van der Waals surface area contributed by atoms with Gasteiger partial charge in [-0.1, -0.05) is 0 Å². The van der Waals surface area contributed by atoms with E-state index in [9.17, 15) is 0 Å². The van der Waals surface area contributed by atoms with Crippen molar-refractivity contribution in [2.75, 3.05) is 13.2 Å². The number of hydrogen-bond donors (Lipinski definition) is 2. The highest BCUT2D eigenvalue weighted by Gasteiger charge is 2.28. The average molecular weight is 143 g/mol. The van der Waals surface area contributed by atoms with E-state index in [-0.39, 0.29) is 12.6 Å². The Morgan fingerprint density at radius 1 is 1.70 bits per heavy atom. The second-order valence-electron chi connectivity index (χ2n) is 2.85. The Hall–Kier alpha value is -0.0551. The second kappa shape index (κ2) is 3.37. The molecule has 0 aromatic carbocycles. The van der Waals surface area contributed by atoms with Crippen LogP contribution in [0.4, 0.5) is 0 Å². The predicted molar refractivity (Wildman–Crippen MR) is 40.7 cm³/mol. The minimum Gasteiger partial charge on any atom is -0.437 e. The van der Waals surface area contributed by atoms with E-state index in [0.717, 1.165) is 19.4 Å². The van der Waals surface area contributed by atoms with Gasteiger partial charge < -0.3 is 14.9 Å². The van der Waals surface area contributed by atoms with Crippen molar-refractivity contribution in [3.8, 4) is 0 Å². The molecule has 10 heavy (non-hydrogen) atoms. The lowest BCUT2D eigenvalue weighted by Crippen LogP contribution is -2.42. The van der Waals surface area contributed by atoms with Gasteiger partial charge in [0, 0.05) is 6.04 Å². The van der Waals surface area contributed by atoms with E-state index in [0.29, 0.717) is 0 Å². The first-order valence-corrected chi connectivity index (χ1v) is 3.80. The van der Waals surface area contributed by atoms with Gasteiger partial charge in [0.25, 0.3) is 0 Å².